The van der Waals surface area contributed by atoms with Crippen LogP contribution in [0.5, 0.6) is 11.5 Å². The van der Waals surface area contributed by atoms with Crippen molar-refractivity contribution in [3.05, 3.63) is 42.5 Å². The minimum absolute atomic E-state index is 0.645. The summed E-state index contributed by atoms with van der Waals surface area (Å²) in [6.45, 7) is 2.84. The molecule has 0 aromatic heterocycles. The van der Waals surface area contributed by atoms with Gasteiger partial charge in [-0.2, -0.15) is 0 Å². The van der Waals surface area contributed by atoms with E-state index in [0.717, 1.165) is 29.9 Å². The van der Waals surface area contributed by atoms with E-state index in [9.17, 15) is 0 Å². The van der Waals surface area contributed by atoms with Crippen LogP contribution in [0.1, 0.15) is 13.3 Å². The predicted octanol–water partition coefficient (Wildman–Crippen LogP) is 3.73. The molecule has 0 unspecified atom stereocenters. The first kappa shape index (κ1) is 13.3. The van der Waals surface area contributed by atoms with Gasteiger partial charge in [-0.1, -0.05) is 25.1 Å². The molecule has 0 aliphatic carbocycles. The van der Waals surface area contributed by atoms with Gasteiger partial charge in [0.25, 0.3) is 0 Å². The van der Waals surface area contributed by atoms with E-state index in [0.29, 0.717) is 11.4 Å². The van der Waals surface area contributed by atoms with E-state index in [1.807, 2.05) is 42.5 Å². The second kappa shape index (κ2) is 6.14. The minimum Gasteiger partial charge on any atom is -0.495 e. The van der Waals surface area contributed by atoms with Gasteiger partial charge in [-0.15, -0.1) is 0 Å². The summed E-state index contributed by atoms with van der Waals surface area (Å²) in [5.41, 5.74) is 8.74. The molecule has 0 heterocycles. The fourth-order valence-electron chi connectivity index (χ4n) is 1.88. The summed E-state index contributed by atoms with van der Waals surface area (Å²) in [7, 11) is 1.62. The van der Waals surface area contributed by atoms with Crippen LogP contribution in [-0.4, -0.2) is 13.7 Å². The van der Waals surface area contributed by atoms with E-state index in [4.69, 9.17) is 15.2 Å². The van der Waals surface area contributed by atoms with Crippen LogP contribution in [0.25, 0.3) is 11.1 Å². The number of benzene rings is 2. The van der Waals surface area contributed by atoms with Crippen molar-refractivity contribution >= 4 is 5.69 Å². The highest BCUT2D eigenvalue weighted by atomic mass is 16.5. The number of nitrogen functional groups attached to an aromatic ring is 1. The molecule has 0 bridgehead atoms. The monoisotopic (exact) mass is 257 g/mol. The van der Waals surface area contributed by atoms with Crippen LogP contribution in [0.3, 0.4) is 0 Å². The summed E-state index contributed by atoms with van der Waals surface area (Å²) in [6.07, 6.45) is 1.01. The molecule has 0 atom stereocenters. The highest BCUT2D eigenvalue weighted by Gasteiger charge is 2.03. The summed E-state index contributed by atoms with van der Waals surface area (Å²) in [5.74, 6) is 1.60. The number of anilines is 1. The average molecular weight is 257 g/mol. The quantitative estimate of drug-likeness (QED) is 0.830. The fourth-order valence-corrected chi connectivity index (χ4v) is 1.88. The number of ether oxygens (including phenoxy) is 2. The Hall–Kier alpha value is -2.16. The predicted molar refractivity (Wildman–Crippen MR) is 78.6 cm³/mol. The van der Waals surface area contributed by atoms with Crippen molar-refractivity contribution in [3.63, 3.8) is 0 Å². The Morgan fingerprint density at radius 2 is 1.68 bits per heavy atom. The van der Waals surface area contributed by atoms with Crippen LogP contribution in [0, 0.1) is 0 Å². The van der Waals surface area contributed by atoms with Gasteiger partial charge in [0.15, 0.2) is 0 Å². The Labute approximate surface area is 114 Å². The highest BCUT2D eigenvalue weighted by Crippen LogP contribution is 2.29. The number of methoxy groups -OCH3 is 1. The molecule has 0 amide bonds. The second-order valence-corrected chi connectivity index (χ2v) is 4.33. The lowest BCUT2D eigenvalue weighted by Crippen LogP contribution is -1.94. The summed E-state index contributed by atoms with van der Waals surface area (Å²) < 4.78 is 10.7. The van der Waals surface area contributed by atoms with Gasteiger partial charge in [-0.25, -0.2) is 0 Å². The highest BCUT2D eigenvalue weighted by molar-refractivity contribution is 5.71. The summed E-state index contributed by atoms with van der Waals surface area (Å²) in [6, 6.07) is 13.8. The lowest BCUT2D eigenvalue weighted by molar-refractivity contribution is 0.317. The molecule has 2 aromatic carbocycles. The zero-order valence-electron chi connectivity index (χ0n) is 11.3. The topological polar surface area (TPSA) is 44.5 Å². The lowest BCUT2D eigenvalue weighted by atomic mass is 10.0. The molecule has 2 rings (SSSR count). The molecule has 19 heavy (non-hydrogen) atoms. The molecule has 0 spiro atoms. The molecule has 0 fully saturated rings. The number of hydrogen-bond donors (Lipinski definition) is 1. The Morgan fingerprint density at radius 1 is 1.00 bits per heavy atom. The van der Waals surface area contributed by atoms with E-state index < -0.39 is 0 Å². The zero-order chi connectivity index (χ0) is 13.7. The smallest absolute Gasteiger partial charge is 0.141 e. The normalized spacial score (nSPS) is 10.2. The first-order chi connectivity index (χ1) is 9.24. The van der Waals surface area contributed by atoms with Crippen molar-refractivity contribution in [2.45, 2.75) is 13.3 Å². The molecule has 0 aliphatic rings. The third-order valence-electron chi connectivity index (χ3n) is 2.89. The standard InChI is InChI=1S/C16H19NO2/c1-3-10-19-14-7-4-12(5-8-14)13-6-9-16(18-2)15(17)11-13/h4-9,11H,3,10,17H2,1-2H3. The van der Waals surface area contributed by atoms with Crippen molar-refractivity contribution in [2.24, 2.45) is 0 Å². The van der Waals surface area contributed by atoms with Gasteiger partial charge in [-0.05, 0) is 41.8 Å². The SMILES string of the molecule is CCCOc1ccc(-c2ccc(OC)c(N)c2)cc1. The van der Waals surface area contributed by atoms with Crippen molar-refractivity contribution in [1.29, 1.82) is 0 Å². The van der Waals surface area contributed by atoms with E-state index in [1.165, 1.54) is 0 Å². The molecule has 2 N–H and O–H groups in total. The first-order valence-corrected chi connectivity index (χ1v) is 6.41. The maximum atomic E-state index is 5.92. The van der Waals surface area contributed by atoms with Gasteiger partial charge < -0.3 is 15.2 Å². The van der Waals surface area contributed by atoms with Crippen molar-refractivity contribution in [2.75, 3.05) is 19.5 Å². The van der Waals surface area contributed by atoms with Crippen LogP contribution >= 0.6 is 0 Å². The van der Waals surface area contributed by atoms with Gasteiger partial charge in [0.2, 0.25) is 0 Å². The Kier molecular flexibility index (Phi) is 4.29. The maximum Gasteiger partial charge on any atom is 0.141 e. The van der Waals surface area contributed by atoms with Crippen LogP contribution < -0.4 is 15.2 Å². The minimum atomic E-state index is 0.645. The Bertz CT molecular complexity index is 535. The van der Waals surface area contributed by atoms with Gasteiger partial charge in [0, 0.05) is 0 Å². The molecule has 0 saturated heterocycles. The molecule has 100 valence electrons. The van der Waals surface area contributed by atoms with E-state index in [2.05, 4.69) is 6.92 Å². The zero-order valence-corrected chi connectivity index (χ0v) is 11.3. The summed E-state index contributed by atoms with van der Waals surface area (Å²) in [5, 5.41) is 0. The maximum absolute atomic E-state index is 5.92. The van der Waals surface area contributed by atoms with Crippen LogP contribution in [0.4, 0.5) is 5.69 Å². The lowest BCUT2D eigenvalue weighted by Gasteiger charge is -2.09. The Balaban J connectivity index is 2.19. The summed E-state index contributed by atoms with van der Waals surface area (Å²) in [4.78, 5) is 0. The van der Waals surface area contributed by atoms with Gasteiger partial charge in [-0.3, -0.25) is 0 Å². The first-order valence-electron chi connectivity index (χ1n) is 6.41. The molecule has 3 heteroatoms. The molecule has 0 saturated carbocycles. The number of nitrogens with two attached hydrogens (primary N) is 1. The van der Waals surface area contributed by atoms with Gasteiger partial charge in [0.1, 0.15) is 11.5 Å². The molecule has 0 radical (unpaired) electrons. The molecule has 3 nitrogen and oxygen atoms in total. The van der Waals surface area contributed by atoms with Crippen molar-refractivity contribution in [1.82, 2.24) is 0 Å². The van der Waals surface area contributed by atoms with Crippen LogP contribution in [0.2, 0.25) is 0 Å². The molecular formula is C16H19NO2. The third kappa shape index (κ3) is 3.19. The van der Waals surface area contributed by atoms with Crippen molar-refractivity contribution < 1.29 is 9.47 Å². The van der Waals surface area contributed by atoms with E-state index >= 15 is 0 Å². The number of hydrogen-bond acceptors (Lipinski definition) is 3. The fraction of sp³-hybridized carbons (Fsp3) is 0.250. The van der Waals surface area contributed by atoms with Crippen molar-refractivity contribution in [3.8, 4) is 22.6 Å². The van der Waals surface area contributed by atoms with Crippen LogP contribution in [-0.2, 0) is 0 Å². The second-order valence-electron chi connectivity index (χ2n) is 4.33. The third-order valence-corrected chi connectivity index (χ3v) is 2.89. The largest absolute Gasteiger partial charge is 0.495 e. The van der Waals surface area contributed by atoms with Crippen LogP contribution in [0.15, 0.2) is 42.5 Å². The van der Waals surface area contributed by atoms with E-state index in [-0.39, 0.29) is 0 Å². The number of rotatable bonds is 5. The molecular weight excluding hydrogens is 238 g/mol. The van der Waals surface area contributed by atoms with Gasteiger partial charge >= 0.3 is 0 Å². The molecule has 2 aromatic rings. The summed E-state index contributed by atoms with van der Waals surface area (Å²) >= 11 is 0. The van der Waals surface area contributed by atoms with Gasteiger partial charge in [0.05, 0.1) is 19.4 Å². The van der Waals surface area contributed by atoms with E-state index in [1.54, 1.807) is 7.11 Å². The Morgan fingerprint density at radius 3 is 2.26 bits per heavy atom. The molecule has 0 aliphatic heterocycles. The average Bonchev–Trinajstić information content (AvgIpc) is 2.45.